The van der Waals surface area contributed by atoms with E-state index in [1.165, 1.54) is 12.8 Å². The Balaban J connectivity index is 1.87. The highest BCUT2D eigenvalue weighted by atomic mass is 16.3. The molecule has 0 aromatic heterocycles. The van der Waals surface area contributed by atoms with Crippen molar-refractivity contribution in [2.24, 2.45) is 17.3 Å². The van der Waals surface area contributed by atoms with E-state index in [0.717, 1.165) is 38.0 Å². The minimum Gasteiger partial charge on any atom is -0.396 e. The fraction of sp³-hybridized carbons (Fsp3) is 0.933. The van der Waals surface area contributed by atoms with Crippen molar-refractivity contribution >= 4 is 5.91 Å². The summed E-state index contributed by atoms with van der Waals surface area (Å²) in [6.07, 6.45) is 7.59. The molecule has 1 amide bonds. The molecule has 0 aromatic carbocycles. The number of aliphatic hydroxyl groups excluding tert-OH is 1. The fourth-order valence-corrected chi connectivity index (χ4v) is 3.48. The van der Waals surface area contributed by atoms with Crippen molar-refractivity contribution in [3.8, 4) is 0 Å². The Morgan fingerprint density at radius 2 is 1.94 bits per heavy atom. The Bertz CT molecular complexity index is 297. The van der Waals surface area contributed by atoms with Crippen molar-refractivity contribution in [3.05, 3.63) is 0 Å². The molecule has 104 valence electrons. The molecule has 0 spiro atoms. The van der Waals surface area contributed by atoms with Crippen molar-refractivity contribution in [2.75, 3.05) is 6.61 Å². The summed E-state index contributed by atoms with van der Waals surface area (Å²) in [5.41, 5.74) is -0.0996. The van der Waals surface area contributed by atoms with E-state index in [4.69, 9.17) is 0 Å². The maximum atomic E-state index is 12.3. The van der Waals surface area contributed by atoms with Gasteiger partial charge in [0.2, 0.25) is 5.91 Å². The second-order valence-electron chi connectivity index (χ2n) is 6.72. The van der Waals surface area contributed by atoms with Crippen LogP contribution in [0.2, 0.25) is 0 Å². The van der Waals surface area contributed by atoms with E-state index in [2.05, 4.69) is 19.2 Å². The Labute approximate surface area is 110 Å². The molecule has 0 aromatic rings. The summed E-state index contributed by atoms with van der Waals surface area (Å²) in [6, 6.07) is 0.175. The number of aliphatic hydroxyl groups is 1. The fourth-order valence-electron chi connectivity index (χ4n) is 3.48. The van der Waals surface area contributed by atoms with Gasteiger partial charge in [0.25, 0.3) is 0 Å². The van der Waals surface area contributed by atoms with Gasteiger partial charge in [-0.1, -0.05) is 20.3 Å². The molecule has 3 heteroatoms. The van der Waals surface area contributed by atoms with E-state index in [0.29, 0.717) is 0 Å². The highest BCUT2D eigenvalue weighted by molar-refractivity contribution is 5.79. The topological polar surface area (TPSA) is 49.3 Å². The molecule has 0 radical (unpaired) electrons. The molecule has 3 nitrogen and oxygen atoms in total. The molecule has 2 aliphatic rings. The van der Waals surface area contributed by atoms with Crippen LogP contribution in [0.5, 0.6) is 0 Å². The molecule has 2 aliphatic carbocycles. The summed E-state index contributed by atoms with van der Waals surface area (Å²) in [4.78, 5) is 12.3. The van der Waals surface area contributed by atoms with Gasteiger partial charge >= 0.3 is 0 Å². The highest BCUT2D eigenvalue weighted by Gasteiger charge is 2.40. The molecular formula is C15H27NO2. The zero-order chi connectivity index (χ0) is 13.2. The summed E-state index contributed by atoms with van der Waals surface area (Å²) in [5.74, 6) is 1.22. The molecule has 0 saturated heterocycles. The van der Waals surface area contributed by atoms with E-state index in [1.807, 2.05) is 0 Å². The molecular weight excluding hydrogens is 226 g/mol. The maximum Gasteiger partial charge on any atom is 0.223 e. The van der Waals surface area contributed by atoms with Gasteiger partial charge in [0, 0.05) is 17.4 Å². The van der Waals surface area contributed by atoms with E-state index in [9.17, 15) is 9.90 Å². The van der Waals surface area contributed by atoms with Crippen molar-refractivity contribution in [3.63, 3.8) is 0 Å². The SMILES string of the molecule is CC1CCC(C(=O)NC2CCCC2(C)CO)CC1. The number of rotatable bonds is 3. The number of nitrogens with one attached hydrogen (secondary N) is 1. The first-order valence-corrected chi connectivity index (χ1v) is 7.46. The van der Waals surface area contributed by atoms with Gasteiger partial charge in [0.05, 0.1) is 6.61 Å². The predicted octanol–water partition coefficient (Wildman–Crippen LogP) is 2.48. The monoisotopic (exact) mass is 253 g/mol. The van der Waals surface area contributed by atoms with Gasteiger partial charge in [-0.15, -0.1) is 0 Å². The average molecular weight is 253 g/mol. The van der Waals surface area contributed by atoms with Crippen LogP contribution in [0.1, 0.15) is 58.8 Å². The van der Waals surface area contributed by atoms with Gasteiger partial charge in [0.1, 0.15) is 0 Å². The Morgan fingerprint density at radius 3 is 2.56 bits per heavy atom. The molecule has 2 saturated carbocycles. The second-order valence-corrected chi connectivity index (χ2v) is 6.72. The van der Waals surface area contributed by atoms with Crippen LogP contribution in [-0.2, 0) is 4.79 Å². The summed E-state index contributed by atoms with van der Waals surface area (Å²) in [5, 5.41) is 12.7. The standard InChI is InChI=1S/C15H27NO2/c1-11-5-7-12(8-6-11)14(18)16-13-4-3-9-15(13,2)10-17/h11-13,17H,3-10H2,1-2H3,(H,16,18). The van der Waals surface area contributed by atoms with Crippen LogP contribution < -0.4 is 5.32 Å². The number of hydrogen-bond donors (Lipinski definition) is 2. The lowest BCUT2D eigenvalue weighted by Gasteiger charge is -2.32. The molecule has 2 atom stereocenters. The summed E-state index contributed by atoms with van der Waals surface area (Å²) in [7, 11) is 0. The largest absolute Gasteiger partial charge is 0.396 e. The van der Waals surface area contributed by atoms with Crippen LogP contribution in [0.4, 0.5) is 0 Å². The second kappa shape index (κ2) is 5.60. The smallest absolute Gasteiger partial charge is 0.223 e. The van der Waals surface area contributed by atoms with Crippen molar-refractivity contribution in [1.82, 2.24) is 5.32 Å². The van der Waals surface area contributed by atoms with E-state index in [1.54, 1.807) is 0 Å². The quantitative estimate of drug-likeness (QED) is 0.812. The van der Waals surface area contributed by atoms with Crippen LogP contribution in [0.15, 0.2) is 0 Å². The number of carbonyl (C=O) groups is 1. The van der Waals surface area contributed by atoms with Crippen LogP contribution in [0.3, 0.4) is 0 Å². The first kappa shape index (κ1) is 13.9. The van der Waals surface area contributed by atoms with Gasteiger partial charge < -0.3 is 10.4 Å². The highest BCUT2D eigenvalue weighted by Crippen LogP contribution is 2.38. The average Bonchev–Trinajstić information content (AvgIpc) is 2.72. The van der Waals surface area contributed by atoms with Crippen LogP contribution in [0.25, 0.3) is 0 Å². The van der Waals surface area contributed by atoms with E-state index >= 15 is 0 Å². The lowest BCUT2D eigenvalue weighted by Crippen LogP contribution is -2.47. The molecule has 0 aliphatic heterocycles. The Morgan fingerprint density at radius 1 is 1.28 bits per heavy atom. The molecule has 18 heavy (non-hydrogen) atoms. The minimum absolute atomic E-state index is 0.0996. The van der Waals surface area contributed by atoms with Gasteiger partial charge in [-0.25, -0.2) is 0 Å². The van der Waals surface area contributed by atoms with Gasteiger partial charge in [-0.3, -0.25) is 4.79 Å². The van der Waals surface area contributed by atoms with Crippen LogP contribution in [0, 0.1) is 17.3 Å². The van der Waals surface area contributed by atoms with E-state index in [-0.39, 0.29) is 29.9 Å². The number of carbonyl (C=O) groups excluding carboxylic acids is 1. The number of hydrogen-bond acceptors (Lipinski definition) is 2. The lowest BCUT2D eigenvalue weighted by atomic mass is 9.81. The third-order valence-corrected chi connectivity index (χ3v) is 5.15. The molecule has 0 bridgehead atoms. The van der Waals surface area contributed by atoms with Crippen LogP contribution >= 0.6 is 0 Å². The molecule has 2 rings (SSSR count). The lowest BCUT2D eigenvalue weighted by molar-refractivity contribution is -0.127. The first-order chi connectivity index (χ1) is 8.55. The Kier molecular flexibility index (Phi) is 4.31. The predicted molar refractivity (Wildman–Crippen MR) is 72.1 cm³/mol. The zero-order valence-electron chi connectivity index (χ0n) is 11.7. The summed E-state index contributed by atoms with van der Waals surface area (Å²) >= 11 is 0. The molecule has 2 unspecified atom stereocenters. The summed E-state index contributed by atoms with van der Waals surface area (Å²) < 4.78 is 0. The minimum atomic E-state index is -0.0996. The third kappa shape index (κ3) is 2.87. The van der Waals surface area contributed by atoms with Crippen molar-refractivity contribution in [2.45, 2.75) is 64.8 Å². The van der Waals surface area contributed by atoms with Crippen molar-refractivity contribution < 1.29 is 9.90 Å². The maximum absolute atomic E-state index is 12.3. The van der Waals surface area contributed by atoms with Gasteiger partial charge in [0.15, 0.2) is 0 Å². The van der Waals surface area contributed by atoms with Gasteiger partial charge in [-0.05, 0) is 44.4 Å². The summed E-state index contributed by atoms with van der Waals surface area (Å²) in [6.45, 7) is 4.54. The number of amides is 1. The molecule has 2 N–H and O–H groups in total. The first-order valence-electron chi connectivity index (χ1n) is 7.46. The zero-order valence-corrected chi connectivity index (χ0v) is 11.7. The van der Waals surface area contributed by atoms with E-state index < -0.39 is 0 Å². The van der Waals surface area contributed by atoms with Gasteiger partial charge in [-0.2, -0.15) is 0 Å². The van der Waals surface area contributed by atoms with Crippen molar-refractivity contribution in [1.29, 1.82) is 0 Å². The third-order valence-electron chi connectivity index (χ3n) is 5.15. The molecule has 0 heterocycles. The normalized spacial score (nSPS) is 40.7. The Hall–Kier alpha value is -0.570. The van der Waals surface area contributed by atoms with Crippen LogP contribution in [-0.4, -0.2) is 23.7 Å². The molecule has 2 fully saturated rings.